The van der Waals surface area contributed by atoms with Gasteiger partial charge < -0.3 is 14.8 Å². The number of rotatable bonds is 6. The molecule has 2 heterocycles. The maximum atomic E-state index is 12.2. The maximum absolute atomic E-state index is 12.2. The minimum Gasteiger partial charge on any atom is -0.495 e. The Kier molecular flexibility index (Phi) is 5.81. The van der Waals surface area contributed by atoms with Crippen molar-refractivity contribution in [1.82, 2.24) is 14.6 Å². The van der Waals surface area contributed by atoms with E-state index in [2.05, 4.69) is 15.4 Å². The van der Waals surface area contributed by atoms with Crippen molar-refractivity contribution in [2.75, 3.05) is 12.4 Å². The van der Waals surface area contributed by atoms with Crippen LogP contribution in [0.5, 0.6) is 5.75 Å². The number of benzene rings is 2. The molecular weight excluding hydrogens is 404 g/mol. The quantitative estimate of drug-likeness (QED) is 0.432. The molecule has 0 saturated heterocycles. The summed E-state index contributed by atoms with van der Waals surface area (Å²) in [5, 5.41) is 7.75. The summed E-state index contributed by atoms with van der Waals surface area (Å²) >= 11 is 0. The number of fused-ring (bicyclic) bond motifs is 1. The van der Waals surface area contributed by atoms with Gasteiger partial charge >= 0.3 is 5.97 Å². The molecule has 0 spiro atoms. The van der Waals surface area contributed by atoms with Crippen molar-refractivity contribution < 1.29 is 14.3 Å². The molecule has 32 heavy (non-hydrogen) atoms. The maximum Gasteiger partial charge on any atom is 0.310 e. The molecule has 0 bridgehead atoms. The summed E-state index contributed by atoms with van der Waals surface area (Å²) in [4.78, 5) is 16.7. The number of hydrogen-bond donors (Lipinski definition) is 1. The number of nitrogens with one attached hydrogen (secondary N) is 1. The summed E-state index contributed by atoms with van der Waals surface area (Å²) in [6.45, 7) is 5.60. The van der Waals surface area contributed by atoms with E-state index in [-0.39, 0.29) is 12.4 Å². The first-order valence-corrected chi connectivity index (χ1v) is 10.4. The topological polar surface area (TPSA) is 77.8 Å². The van der Waals surface area contributed by atoms with Gasteiger partial charge in [0.2, 0.25) is 5.95 Å². The SMILES string of the molecule is COc1ccccc1Nc1nc2ccc(-c3cccc(CC(=O)OC(C)(C)C)c3)cn2n1. The van der Waals surface area contributed by atoms with Crippen LogP contribution < -0.4 is 10.1 Å². The van der Waals surface area contributed by atoms with Gasteiger partial charge in [-0.2, -0.15) is 4.98 Å². The van der Waals surface area contributed by atoms with Crippen LogP contribution in [0.2, 0.25) is 0 Å². The zero-order valence-corrected chi connectivity index (χ0v) is 18.6. The fourth-order valence-corrected chi connectivity index (χ4v) is 3.38. The van der Waals surface area contributed by atoms with Crippen molar-refractivity contribution in [1.29, 1.82) is 0 Å². The molecule has 7 nitrogen and oxygen atoms in total. The van der Waals surface area contributed by atoms with Crippen LogP contribution in [-0.2, 0) is 16.0 Å². The molecule has 0 aliphatic carbocycles. The Morgan fingerprint density at radius 1 is 1.03 bits per heavy atom. The lowest BCUT2D eigenvalue weighted by Crippen LogP contribution is -2.24. The Labute approximate surface area is 187 Å². The molecule has 0 aliphatic heterocycles. The standard InChI is InChI=1S/C25H26N4O3/c1-25(2,3)32-23(30)15-17-8-7-9-18(14-17)19-12-13-22-27-24(28-29(22)16-19)26-20-10-5-6-11-21(20)31-4/h5-14,16H,15H2,1-4H3,(H,26,28). The lowest BCUT2D eigenvalue weighted by atomic mass is 10.0. The Morgan fingerprint density at radius 2 is 1.84 bits per heavy atom. The van der Waals surface area contributed by atoms with Crippen molar-refractivity contribution in [2.24, 2.45) is 0 Å². The third kappa shape index (κ3) is 5.06. The summed E-state index contributed by atoms with van der Waals surface area (Å²) in [5.41, 5.74) is 3.87. The van der Waals surface area contributed by atoms with Crippen LogP contribution in [0.3, 0.4) is 0 Å². The monoisotopic (exact) mass is 430 g/mol. The number of aromatic nitrogens is 3. The van der Waals surface area contributed by atoms with E-state index in [1.165, 1.54) is 0 Å². The first kappa shape index (κ1) is 21.4. The largest absolute Gasteiger partial charge is 0.495 e. The van der Waals surface area contributed by atoms with Gasteiger partial charge in [-0.1, -0.05) is 36.4 Å². The Morgan fingerprint density at radius 3 is 2.62 bits per heavy atom. The van der Waals surface area contributed by atoms with E-state index in [4.69, 9.17) is 9.47 Å². The second-order valence-electron chi connectivity index (χ2n) is 8.44. The number of pyridine rings is 1. The molecule has 4 aromatic rings. The number of carbonyl (C=O) groups excluding carboxylic acids is 1. The fraction of sp³-hybridized carbons (Fsp3) is 0.240. The van der Waals surface area contributed by atoms with E-state index in [0.717, 1.165) is 28.0 Å². The number of hydrogen-bond acceptors (Lipinski definition) is 6. The number of para-hydroxylation sites is 2. The summed E-state index contributed by atoms with van der Waals surface area (Å²) < 4.78 is 12.5. The molecule has 4 rings (SSSR count). The van der Waals surface area contributed by atoms with Gasteiger partial charge in [0.1, 0.15) is 11.4 Å². The van der Waals surface area contributed by atoms with Gasteiger partial charge in [-0.15, -0.1) is 5.10 Å². The van der Waals surface area contributed by atoms with Gasteiger partial charge in [0, 0.05) is 11.8 Å². The normalized spacial score (nSPS) is 11.4. The molecule has 0 amide bonds. The van der Waals surface area contributed by atoms with Gasteiger partial charge in [0.25, 0.3) is 0 Å². The third-order valence-electron chi connectivity index (χ3n) is 4.71. The Balaban J connectivity index is 1.56. The fourth-order valence-electron chi connectivity index (χ4n) is 3.38. The lowest BCUT2D eigenvalue weighted by molar-refractivity contribution is -0.153. The molecule has 0 saturated carbocycles. The average Bonchev–Trinajstić information content (AvgIpc) is 3.14. The Hall–Kier alpha value is -3.87. The first-order chi connectivity index (χ1) is 15.3. The molecule has 0 fully saturated rings. The van der Waals surface area contributed by atoms with E-state index in [1.54, 1.807) is 11.6 Å². The third-order valence-corrected chi connectivity index (χ3v) is 4.71. The molecule has 1 N–H and O–H groups in total. The van der Waals surface area contributed by atoms with Gasteiger partial charge in [-0.3, -0.25) is 4.79 Å². The van der Waals surface area contributed by atoms with Crippen LogP contribution in [0, 0.1) is 0 Å². The van der Waals surface area contributed by atoms with E-state index in [0.29, 0.717) is 11.7 Å². The highest BCUT2D eigenvalue weighted by Gasteiger charge is 2.16. The number of ether oxygens (including phenoxy) is 2. The van der Waals surface area contributed by atoms with E-state index >= 15 is 0 Å². The highest BCUT2D eigenvalue weighted by molar-refractivity contribution is 5.74. The van der Waals surface area contributed by atoms with Crippen LogP contribution in [0.15, 0.2) is 66.9 Å². The number of nitrogens with zero attached hydrogens (tertiary/aromatic N) is 3. The van der Waals surface area contributed by atoms with Crippen LogP contribution in [0.1, 0.15) is 26.3 Å². The molecule has 2 aromatic heterocycles. The van der Waals surface area contributed by atoms with E-state index in [1.807, 2.05) is 87.6 Å². The second-order valence-corrected chi connectivity index (χ2v) is 8.44. The summed E-state index contributed by atoms with van der Waals surface area (Å²) in [7, 11) is 1.63. The number of carbonyl (C=O) groups is 1. The summed E-state index contributed by atoms with van der Waals surface area (Å²) in [6.07, 6.45) is 2.14. The van der Waals surface area contributed by atoms with Crippen molar-refractivity contribution in [3.05, 3.63) is 72.4 Å². The van der Waals surface area contributed by atoms with Crippen molar-refractivity contribution in [3.8, 4) is 16.9 Å². The van der Waals surface area contributed by atoms with Crippen LogP contribution in [0.4, 0.5) is 11.6 Å². The molecule has 7 heteroatoms. The molecule has 0 unspecified atom stereocenters. The minimum atomic E-state index is -0.498. The molecule has 0 atom stereocenters. The van der Waals surface area contributed by atoms with Gasteiger partial charge in [-0.05, 0) is 56.2 Å². The number of anilines is 2. The zero-order chi connectivity index (χ0) is 22.7. The van der Waals surface area contributed by atoms with Gasteiger partial charge in [0.05, 0.1) is 19.2 Å². The van der Waals surface area contributed by atoms with Gasteiger partial charge in [0.15, 0.2) is 5.65 Å². The van der Waals surface area contributed by atoms with Crippen LogP contribution in [-0.4, -0.2) is 33.3 Å². The second kappa shape index (κ2) is 8.70. The molecule has 0 aliphatic rings. The van der Waals surface area contributed by atoms with Crippen molar-refractivity contribution in [2.45, 2.75) is 32.8 Å². The Bertz CT molecular complexity index is 1260. The molecule has 2 aromatic carbocycles. The summed E-state index contributed by atoms with van der Waals surface area (Å²) in [5.74, 6) is 0.951. The summed E-state index contributed by atoms with van der Waals surface area (Å²) in [6, 6.07) is 19.4. The molecule has 0 radical (unpaired) electrons. The smallest absolute Gasteiger partial charge is 0.310 e. The van der Waals surface area contributed by atoms with E-state index < -0.39 is 5.60 Å². The van der Waals surface area contributed by atoms with Crippen molar-refractivity contribution >= 4 is 23.3 Å². The predicted molar refractivity (Wildman–Crippen MR) is 124 cm³/mol. The zero-order valence-electron chi connectivity index (χ0n) is 18.6. The predicted octanol–water partition coefficient (Wildman–Crippen LogP) is 5.03. The highest BCUT2D eigenvalue weighted by Crippen LogP contribution is 2.27. The first-order valence-electron chi connectivity index (χ1n) is 10.4. The highest BCUT2D eigenvalue weighted by atomic mass is 16.6. The minimum absolute atomic E-state index is 0.226. The van der Waals surface area contributed by atoms with E-state index in [9.17, 15) is 4.79 Å². The number of esters is 1. The van der Waals surface area contributed by atoms with Crippen LogP contribution in [0.25, 0.3) is 16.8 Å². The number of methoxy groups -OCH3 is 1. The van der Waals surface area contributed by atoms with Crippen LogP contribution >= 0.6 is 0 Å². The van der Waals surface area contributed by atoms with Gasteiger partial charge in [-0.25, -0.2) is 4.52 Å². The molecular formula is C25H26N4O3. The average molecular weight is 431 g/mol. The lowest BCUT2D eigenvalue weighted by Gasteiger charge is -2.19. The molecule has 164 valence electrons. The van der Waals surface area contributed by atoms with Crippen molar-refractivity contribution in [3.63, 3.8) is 0 Å².